The molecule has 4 nitrogen and oxygen atoms in total. The Labute approximate surface area is 138 Å². The van der Waals surface area contributed by atoms with Crippen molar-refractivity contribution in [3.8, 4) is 0 Å². The van der Waals surface area contributed by atoms with Crippen LogP contribution >= 0.6 is 0 Å². The van der Waals surface area contributed by atoms with E-state index < -0.39 is 17.5 Å². The average molecular weight is 337 g/mol. The number of halogens is 3. The third-order valence-electron chi connectivity index (χ3n) is 3.31. The zero-order valence-corrected chi connectivity index (χ0v) is 13.4. The Kier molecular flexibility index (Phi) is 5.78. The van der Waals surface area contributed by atoms with Crippen LogP contribution in [0.1, 0.15) is 30.8 Å². The fourth-order valence-electron chi connectivity index (χ4n) is 1.98. The van der Waals surface area contributed by atoms with E-state index in [1.165, 1.54) is 18.3 Å². The van der Waals surface area contributed by atoms with Gasteiger partial charge in [0.15, 0.2) is 17.5 Å². The van der Waals surface area contributed by atoms with Crippen LogP contribution in [0.2, 0.25) is 0 Å². The number of carbonyl (C=O) groups excluding carboxylic acids is 1. The largest absolute Gasteiger partial charge is 0.353 e. The Morgan fingerprint density at radius 2 is 1.92 bits per heavy atom. The number of rotatable bonds is 6. The summed E-state index contributed by atoms with van der Waals surface area (Å²) in [7, 11) is 0. The summed E-state index contributed by atoms with van der Waals surface area (Å²) in [5, 5.41) is 5.34. The van der Waals surface area contributed by atoms with Gasteiger partial charge in [0.05, 0.1) is 5.69 Å². The van der Waals surface area contributed by atoms with Gasteiger partial charge in [0.1, 0.15) is 5.69 Å². The van der Waals surface area contributed by atoms with E-state index in [2.05, 4.69) is 15.6 Å². The maximum absolute atomic E-state index is 13.7. The van der Waals surface area contributed by atoms with Gasteiger partial charge in [0.2, 0.25) is 0 Å². The second-order valence-electron chi connectivity index (χ2n) is 5.72. The number of hydrogen-bond donors (Lipinski definition) is 2. The molecule has 24 heavy (non-hydrogen) atoms. The van der Waals surface area contributed by atoms with Gasteiger partial charge in [-0.05, 0) is 36.6 Å². The first-order valence-electron chi connectivity index (χ1n) is 7.53. The zero-order chi connectivity index (χ0) is 17.7. The molecule has 0 aliphatic heterocycles. The Hall–Kier alpha value is -2.57. The van der Waals surface area contributed by atoms with Gasteiger partial charge >= 0.3 is 0 Å². The quantitative estimate of drug-likeness (QED) is 0.783. The first-order valence-corrected chi connectivity index (χ1v) is 7.53. The second kappa shape index (κ2) is 7.81. The lowest BCUT2D eigenvalue weighted by molar-refractivity contribution is 0.0947. The first-order chi connectivity index (χ1) is 11.4. The minimum Gasteiger partial charge on any atom is -0.353 e. The van der Waals surface area contributed by atoms with Crippen molar-refractivity contribution in [2.75, 3.05) is 11.9 Å². The predicted molar refractivity (Wildman–Crippen MR) is 85.6 cm³/mol. The molecule has 128 valence electrons. The molecule has 0 aliphatic rings. The minimum atomic E-state index is -1.55. The van der Waals surface area contributed by atoms with E-state index >= 15 is 0 Å². The lowest BCUT2D eigenvalue weighted by Gasteiger charge is -2.10. The molecule has 0 saturated heterocycles. The number of benzene rings is 1. The highest BCUT2D eigenvalue weighted by Gasteiger charge is 2.14. The maximum Gasteiger partial charge on any atom is 0.269 e. The zero-order valence-electron chi connectivity index (χ0n) is 13.4. The SMILES string of the molecule is CC(C)CCNC(=O)c1cc(Nc2ccc(F)c(F)c2F)ccn1. The molecule has 0 aliphatic carbocycles. The lowest BCUT2D eigenvalue weighted by atomic mass is 10.1. The summed E-state index contributed by atoms with van der Waals surface area (Å²) in [6.45, 7) is 4.62. The normalized spacial score (nSPS) is 10.8. The third kappa shape index (κ3) is 4.47. The number of pyridine rings is 1. The highest BCUT2D eigenvalue weighted by molar-refractivity contribution is 5.93. The van der Waals surface area contributed by atoms with Crippen molar-refractivity contribution >= 4 is 17.3 Å². The van der Waals surface area contributed by atoms with Gasteiger partial charge in [-0.1, -0.05) is 13.8 Å². The van der Waals surface area contributed by atoms with E-state index in [4.69, 9.17) is 0 Å². The topological polar surface area (TPSA) is 54.0 Å². The Morgan fingerprint density at radius 1 is 1.17 bits per heavy atom. The Morgan fingerprint density at radius 3 is 2.62 bits per heavy atom. The summed E-state index contributed by atoms with van der Waals surface area (Å²) in [5.74, 6) is -4.04. The molecule has 1 amide bonds. The van der Waals surface area contributed by atoms with Crippen LogP contribution in [0.3, 0.4) is 0 Å². The molecule has 1 aromatic carbocycles. The standard InChI is InChI=1S/C17H18F3N3O/c1-10(2)5-7-22-17(24)14-9-11(6-8-21-14)23-13-4-3-12(18)15(19)16(13)20/h3-4,6,8-10H,5,7H2,1-2H3,(H,21,23)(H,22,24). The lowest BCUT2D eigenvalue weighted by Crippen LogP contribution is -2.26. The smallest absolute Gasteiger partial charge is 0.269 e. The van der Waals surface area contributed by atoms with Gasteiger partial charge in [0, 0.05) is 18.4 Å². The van der Waals surface area contributed by atoms with Gasteiger partial charge in [-0.2, -0.15) is 0 Å². The van der Waals surface area contributed by atoms with Crippen LogP contribution in [-0.2, 0) is 0 Å². The van der Waals surface area contributed by atoms with Gasteiger partial charge in [-0.15, -0.1) is 0 Å². The molecule has 0 atom stereocenters. The van der Waals surface area contributed by atoms with Crippen LogP contribution in [0.25, 0.3) is 0 Å². The fraction of sp³-hybridized carbons (Fsp3) is 0.294. The molecule has 0 saturated carbocycles. The predicted octanol–water partition coefficient (Wildman–Crippen LogP) is 4.02. The van der Waals surface area contributed by atoms with Crippen molar-refractivity contribution in [1.29, 1.82) is 0 Å². The van der Waals surface area contributed by atoms with Gasteiger partial charge in [0.25, 0.3) is 5.91 Å². The number of nitrogens with zero attached hydrogens (tertiary/aromatic N) is 1. The van der Waals surface area contributed by atoms with E-state index in [9.17, 15) is 18.0 Å². The molecule has 0 radical (unpaired) electrons. The molecular weight excluding hydrogens is 319 g/mol. The molecule has 0 fully saturated rings. The van der Waals surface area contributed by atoms with Crippen molar-refractivity contribution in [3.05, 3.63) is 53.6 Å². The summed E-state index contributed by atoms with van der Waals surface area (Å²) in [4.78, 5) is 16.0. The first kappa shape index (κ1) is 17.8. The van der Waals surface area contributed by atoms with Crippen molar-refractivity contribution in [2.45, 2.75) is 20.3 Å². The molecular formula is C17H18F3N3O. The molecule has 7 heteroatoms. The van der Waals surface area contributed by atoms with E-state index in [0.717, 1.165) is 18.6 Å². The van der Waals surface area contributed by atoms with Crippen LogP contribution < -0.4 is 10.6 Å². The van der Waals surface area contributed by atoms with Crippen molar-refractivity contribution in [3.63, 3.8) is 0 Å². The van der Waals surface area contributed by atoms with Crippen molar-refractivity contribution < 1.29 is 18.0 Å². The van der Waals surface area contributed by atoms with Crippen LogP contribution in [0.5, 0.6) is 0 Å². The van der Waals surface area contributed by atoms with E-state index in [-0.39, 0.29) is 17.3 Å². The molecule has 2 aromatic rings. The summed E-state index contributed by atoms with van der Waals surface area (Å²) in [6.07, 6.45) is 2.21. The maximum atomic E-state index is 13.7. The summed E-state index contributed by atoms with van der Waals surface area (Å²) < 4.78 is 39.9. The van der Waals surface area contributed by atoms with Gasteiger partial charge in [-0.3, -0.25) is 9.78 Å². The van der Waals surface area contributed by atoms with Crippen molar-refractivity contribution in [2.24, 2.45) is 5.92 Å². The number of carbonyl (C=O) groups is 1. The number of aromatic nitrogens is 1. The Balaban J connectivity index is 2.10. The van der Waals surface area contributed by atoms with Gasteiger partial charge in [-0.25, -0.2) is 13.2 Å². The molecule has 1 aromatic heterocycles. The molecule has 0 spiro atoms. The minimum absolute atomic E-state index is 0.145. The second-order valence-corrected chi connectivity index (χ2v) is 5.72. The number of amides is 1. The molecule has 0 bridgehead atoms. The third-order valence-corrected chi connectivity index (χ3v) is 3.31. The van der Waals surface area contributed by atoms with Crippen molar-refractivity contribution in [1.82, 2.24) is 10.3 Å². The monoisotopic (exact) mass is 337 g/mol. The number of nitrogens with one attached hydrogen (secondary N) is 2. The summed E-state index contributed by atoms with van der Waals surface area (Å²) in [5.41, 5.74) is 0.252. The van der Waals surface area contributed by atoms with E-state index in [1.54, 1.807) is 0 Å². The van der Waals surface area contributed by atoms with Crippen LogP contribution in [0.15, 0.2) is 30.5 Å². The summed E-state index contributed by atoms with van der Waals surface area (Å²) >= 11 is 0. The molecule has 2 N–H and O–H groups in total. The van der Waals surface area contributed by atoms with E-state index in [0.29, 0.717) is 18.2 Å². The van der Waals surface area contributed by atoms with Gasteiger partial charge < -0.3 is 10.6 Å². The van der Waals surface area contributed by atoms with E-state index in [1.807, 2.05) is 13.8 Å². The van der Waals surface area contributed by atoms with Crippen LogP contribution in [-0.4, -0.2) is 17.4 Å². The molecule has 2 rings (SSSR count). The fourth-order valence-corrected chi connectivity index (χ4v) is 1.98. The molecule has 1 heterocycles. The van der Waals surface area contributed by atoms with Crippen LogP contribution in [0.4, 0.5) is 24.5 Å². The summed E-state index contributed by atoms with van der Waals surface area (Å²) in [6, 6.07) is 4.80. The number of hydrogen-bond acceptors (Lipinski definition) is 3. The number of anilines is 2. The Bertz CT molecular complexity index is 735. The highest BCUT2D eigenvalue weighted by Crippen LogP contribution is 2.23. The van der Waals surface area contributed by atoms with Crippen LogP contribution in [0, 0.1) is 23.4 Å². The average Bonchev–Trinajstić information content (AvgIpc) is 2.55. The molecule has 0 unspecified atom stereocenters. The highest BCUT2D eigenvalue weighted by atomic mass is 19.2.